The third-order valence-corrected chi connectivity index (χ3v) is 3.43. The molecule has 17 heavy (non-hydrogen) atoms. The normalized spacial score (nSPS) is 23.5. The van der Waals surface area contributed by atoms with E-state index in [0.717, 1.165) is 32.2 Å². The minimum Gasteiger partial charge on any atom is -0.378 e. The van der Waals surface area contributed by atoms with Crippen molar-refractivity contribution < 1.29 is 4.74 Å². The molecule has 2 aliphatic rings. The molecule has 0 atom stereocenters. The summed E-state index contributed by atoms with van der Waals surface area (Å²) in [7, 11) is 0. The molecule has 2 N–H and O–H groups in total. The van der Waals surface area contributed by atoms with Crippen LogP contribution in [0.2, 0.25) is 0 Å². The fourth-order valence-electron chi connectivity index (χ4n) is 2.37. The van der Waals surface area contributed by atoms with Gasteiger partial charge in [0.15, 0.2) is 0 Å². The summed E-state index contributed by atoms with van der Waals surface area (Å²) in [4.78, 5) is 2.47. The maximum absolute atomic E-state index is 6.03. The van der Waals surface area contributed by atoms with Gasteiger partial charge in [-0.05, 0) is 45.4 Å². The number of likely N-dealkylation sites (tertiary alicyclic amines) is 1. The van der Waals surface area contributed by atoms with Gasteiger partial charge >= 0.3 is 0 Å². The number of nitrogens with two attached hydrogens (primary N) is 1. The van der Waals surface area contributed by atoms with E-state index in [-0.39, 0.29) is 17.9 Å². The van der Waals surface area contributed by atoms with Gasteiger partial charge in [-0.1, -0.05) is 0 Å². The van der Waals surface area contributed by atoms with E-state index < -0.39 is 0 Å². The van der Waals surface area contributed by atoms with Crippen molar-refractivity contribution in [2.75, 3.05) is 26.2 Å². The highest BCUT2D eigenvalue weighted by molar-refractivity contribution is 5.85. The summed E-state index contributed by atoms with van der Waals surface area (Å²) in [5.41, 5.74) is 5.97. The van der Waals surface area contributed by atoms with Crippen LogP contribution in [0.4, 0.5) is 0 Å². The van der Waals surface area contributed by atoms with Gasteiger partial charge in [0.2, 0.25) is 0 Å². The van der Waals surface area contributed by atoms with E-state index in [1.165, 1.54) is 25.7 Å². The first-order valence-electron chi connectivity index (χ1n) is 6.66. The second kappa shape index (κ2) is 6.37. The van der Waals surface area contributed by atoms with Gasteiger partial charge in [-0.2, -0.15) is 0 Å². The van der Waals surface area contributed by atoms with Gasteiger partial charge in [-0.3, -0.25) is 0 Å². The van der Waals surface area contributed by atoms with Crippen molar-refractivity contribution in [1.82, 2.24) is 4.90 Å². The second-order valence-corrected chi connectivity index (χ2v) is 6.24. The van der Waals surface area contributed by atoms with Crippen molar-refractivity contribution in [3.63, 3.8) is 0 Å². The predicted molar refractivity (Wildman–Crippen MR) is 73.7 cm³/mol. The van der Waals surface area contributed by atoms with Gasteiger partial charge in [0, 0.05) is 31.8 Å². The average Bonchev–Trinajstić information content (AvgIpc) is 2.98. The van der Waals surface area contributed by atoms with Crippen LogP contribution in [0.3, 0.4) is 0 Å². The molecule has 0 unspecified atom stereocenters. The molecule has 0 amide bonds. The minimum atomic E-state index is -0.0678. The highest BCUT2D eigenvalue weighted by Crippen LogP contribution is 2.30. The zero-order valence-corrected chi connectivity index (χ0v) is 12.0. The molecule has 2 rings (SSSR count). The van der Waals surface area contributed by atoms with Crippen molar-refractivity contribution >= 4 is 12.4 Å². The van der Waals surface area contributed by atoms with Crippen LogP contribution in [0.1, 0.15) is 39.5 Å². The Morgan fingerprint density at radius 2 is 1.76 bits per heavy atom. The lowest BCUT2D eigenvalue weighted by Crippen LogP contribution is -2.48. The van der Waals surface area contributed by atoms with Crippen molar-refractivity contribution in [2.45, 2.75) is 51.2 Å². The third kappa shape index (κ3) is 6.05. The number of hydrogen-bond acceptors (Lipinski definition) is 3. The molecule has 4 heteroatoms. The Morgan fingerprint density at radius 3 is 2.24 bits per heavy atom. The second-order valence-electron chi connectivity index (χ2n) is 6.24. The smallest absolute Gasteiger partial charge is 0.0599 e. The van der Waals surface area contributed by atoms with E-state index >= 15 is 0 Å². The Bertz CT molecular complexity index is 218. The molecule has 0 aromatic carbocycles. The van der Waals surface area contributed by atoms with Crippen LogP contribution in [-0.4, -0.2) is 42.8 Å². The highest BCUT2D eigenvalue weighted by Gasteiger charge is 2.26. The molecule has 1 saturated heterocycles. The fraction of sp³-hybridized carbons (Fsp3) is 1.00. The Labute approximate surface area is 111 Å². The fourth-order valence-corrected chi connectivity index (χ4v) is 2.37. The quantitative estimate of drug-likeness (QED) is 0.824. The summed E-state index contributed by atoms with van der Waals surface area (Å²) in [6, 6.07) is 0. The minimum absolute atomic E-state index is 0. The summed E-state index contributed by atoms with van der Waals surface area (Å²) in [6.07, 6.45) is 5.66. The molecule has 1 aliphatic heterocycles. The Morgan fingerprint density at radius 1 is 1.18 bits per heavy atom. The molecule has 0 aromatic rings. The molecule has 1 aliphatic carbocycles. The van der Waals surface area contributed by atoms with E-state index in [1.54, 1.807) is 0 Å². The lowest BCUT2D eigenvalue weighted by atomic mass is 10.0. The van der Waals surface area contributed by atoms with Crippen molar-refractivity contribution in [1.29, 1.82) is 0 Å². The van der Waals surface area contributed by atoms with Crippen LogP contribution in [0.25, 0.3) is 0 Å². The Balaban J connectivity index is 0.00000144. The number of ether oxygens (including phenoxy) is 1. The number of piperidine rings is 1. The molecule has 2 fully saturated rings. The molecular formula is C13H27ClN2O. The van der Waals surface area contributed by atoms with Crippen LogP contribution >= 0.6 is 12.4 Å². The zero-order chi connectivity index (χ0) is 11.6. The first kappa shape index (κ1) is 15.2. The number of hydrogen-bond donors (Lipinski definition) is 1. The third-order valence-electron chi connectivity index (χ3n) is 3.43. The van der Waals surface area contributed by atoms with Gasteiger partial charge in [0.25, 0.3) is 0 Å². The topological polar surface area (TPSA) is 38.5 Å². The van der Waals surface area contributed by atoms with Crippen molar-refractivity contribution in [3.8, 4) is 0 Å². The molecule has 0 radical (unpaired) electrons. The average molecular weight is 263 g/mol. The summed E-state index contributed by atoms with van der Waals surface area (Å²) >= 11 is 0. The SMILES string of the molecule is CC(C)(N)CN1CCC(OCC2CC2)CC1.Cl. The number of halogens is 1. The molecule has 1 heterocycles. The molecule has 1 saturated carbocycles. The lowest BCUT2D eigenvalue weighted by molar-refractivity contribution is -0.000406. The summed E-state index contributed by atoms with van der Waals surface area (Å²) in [5, 5.41) is 0. The van der Waals surface area contributed by atoms with Crippen LogP contribution in [0.5, 0.6) is 0 Å². The van der Waals surface area contributed by atoms with Gasteiger partial charge in [0.05, 0.1) is 6.10 Å². The van der Waals surface area contributed by atoms with Crippen LogP contribution in [-0.2, 0) is 4.74 Å². The predicted octanol–water partition coefficient (Wildman–Crippen LogP) is 2.04. The molecule has 3 nitrogen and oxygen atoms in total. The van der Waals surface area contributed by atoms with E-state index in [2.05, 4.69) is 18.7 Å². The van der Waals surface area contributed by atoms with Crippen LogP contribution in [0, 0.1) is 5.92 Å². The van der Waals surface area contributed by atoms with Crippen LogP contribution in [0.15, 0.2) is 0 Å². The summed E-state index contributed by atoms with van der Waals surface area (Å²) < 4.78 is 5.93. The first-order chi connectivity index (χ1) is 7.53. The van der Waals surface area contributed by atoms with Crippen molar-refractivity contribution in [2.24, 2.45) is 11.7 Å². The largest absolute Gasteiger partial charge is 0.378 e. The van der Waals surface area contributed by atoms with Crippen LogP contribution < -0.4 is 5.73 Å². The van der Waals surface area contributed by atoms with E-state index in [9.17, 15) is 0 Å². The Kier molecular flexibility index (Phi) is 5.71. The maximum atomic E-state index is 6.03. The van der Waals surface area contributed by atoms with E-state index in [1.807, 2.05) is 0 Å². The molecule has 0 bridgehead atoms. The zero-order valence-electron chi connectivity index (χ0n) is 11.2. The standard InChI is InChI=1S/C13H26N2O.ClH/c1-13(2,14)10-15-7-5-12(6-8-15)16-9-11-3-4-11;/h11-12H,3-10,14H2,1-2H3;1H. The molecule has 102 valence electrons. The highest BCUT2D eigenvalue weighted by atomic mass is 35.5. The van der Waals surface area contributed by atoms with Gasteiger partial charge in [-0.15, -0.1) is 12.4 Å². The number of nitrogens with zero attached hydrogens (tertiary/aromatic N) is 1. The molecule has 0 spiro atoms. The van der Waals surface area contributed by atoms with Gasteiger partial charge in [0.1, 0.15) is 0 Å². The molecular weight excluding hydrogens is 236 g/mol. The summed E-state index contributed by atoms with van der Waals surface area (Å²) in [6.45, 7) is 8.51. The van der Waals surface area contributed by atoms with Gasteiger partial charge in [-0.25, -0.2) is 0 Å². The number of rotatable bonds is 5. The lowest BCUT2D eigenvalue weighted by Gasteiger charge is -2.35. The monoisotopic (exact) mass is 262 g/mol. The van der Waals surface area contributed by atoms with E-state index in [0.29, 0.717) is 6.10 Å². The van der Waals surface area contributed by atoms with Gasteiger partial charge < -0.3 is 15.4 Å². The molecule has 0 aromatic heterocycles. The first-order valence-corrected chi connectivity index (χ1v) is 6.66. The van der Waals surface area contributed by atoms with E-state index in [4.69, 9.17) is 10.5 Å². The maximum Gasteiger partial charge on any atom is 0.0599 e. The summed E-state index contributed by atoms with van der Waals surface area (Å²) in [5.74, 6) is 0.890. The van der Waals surface area contributed by atoms with Crippen molar-refractivity contribution in [3.05, 3.63) is 0 Å². The Hall–Kier alpha value is 0.170.